The Morgan fingerprint density at radius 1 is 1.45 bits per heavy atom. The van der Waals surface area contributed by atoms with E-state index in [1.807, 2.05) is 19.9 Å². The van der Waals surface area contributed by atoms with E-state index in [9.17, 15) is 9.65 Å². The Bertz CT molecular complexity index is 719. The van der Waals surface area contributed by atoms with Crippen LogP contribution in [0.2, 0.25) is 0 Å². The van der Waals surface area contributed by atoms with Gasteiger partial charge in [-0.3, -0.25) is 0 Å². The van der Waals surface area contributed by atoms with E-state index < -0.39 is 5.82 Å². The minimum atomic E-state index is -0.397. The average molecular weight is 334 g/mol. The summed E-state index contributed by atoms with van der Waals surface area (Å²) in [5.41, 5.74) is 8.52. The molecule has 2 aromatic rings. The van der Waals surface area contributed by atoms with Gasteiger partial charge in [-0.1, -0.05) is 28.9 Å². The topological polar surface area (TPSA) is 62.7 Å². The number of aryl methyl sites for hydroxylation is 1. The van der Waals surface area contributed by atoms with Crippen LogP contribution in [-0.2, 0) is 6.42 Å². The summed E-state index contributed by atoms with van der Waals surface area (Å²) in [6, 6.07) is 6.78. The Labute approximate surface area is 125 Å². The lowest BCUT2D eigenvalue weighted by molar-refractivity contribution is 0.630. The van der Waals surface area contributed by atoms with E-state index in [4.69, 9.17) is 5.73 Å². The molecule has 0 aliphatic heterocycles. The van der Waals surface area contributed by atoms with Gasteiger partial charge in [-0.25, -0.2) is 9.37 Å². The lowest BCUT2D eigenvalue weighted by atomic mass is 9.94. The van der Waals surface area contributed by atoms with Crippen LogP contribution in [0.15, 0.2) is 22.7 Å². The third-order valence-electron chi connectivity index (χ3n) is 3.22. The van der Waals surface area contributed by atoms with Gasteiger partial charge in [0, 0.05) is 21.3 Å². The molecule has 0 saturated heterocycles. The molecule has 1 aromatic carbocycles. The molecule has 0 radical (unpaired) electrons. The van der Waals surface area contributed by atoms with Gasteiger partial charge in [0.2, 0.25) is 0 Å². The van der Waals surface area contributed by atoms with Crippen LogP contribution in [0.1, 0.15) is 23.7 Å². The molecule has 0 aliphatic rings. The van der Waals surface area contributed by atoms with Gasteiger partial charge in [0.1, 0.15) is 23.3 Å². The van der Waals surface area contributed by atoms with Crippen molar-refractivity contribution in [3.05, 3.63) is 45.3 Å². The number of nitrogens with two attached hydrogens (primary N) is 1. The first-order valence-corrected chi connectivity index (χ1v) is 6.93. The highest BCUT2D eigenvalue weighted by Gasteiger charge is 2.19. The molecule has 0 unspecified atom stereocenters. The van der Waals surface area contributed by atoms with Crippen LogP contribution >= 0.6 is 15.9 Å². The summed E-state index contributed by atoms with van der Waals surface area (Å²) in [5, 5.41) is 9.29. The van der Waals surface area contributed by atoms with E-state index in [0.717, 1.165) is 11.3 Å². The molecule has 0 atom stereocenters. The largest absolute Gasteiger partial charge is 0.383 e. The summed E-state index contributed by atoms with van der Waals surface area (Å²) >= 11 is 3.22. The molecular formula is C15H13BrFN3. The zero-order valence-corrected chi connectivity index (χ0v) is 12.8. The van der Waals surface area contributed by atoms with E-state index >= 15 is 0 Å². The molecule has 0 bridgehead atoms. The summed E-state index contributed by atoms with van der Waals surface area (Å²) in [5.74, 6) is -0.251. The third-order valence-corrected chi connectivity index (χ3v) is 3.71. The van der Waals surface area contributed by atoms with Gasteiger partial charge in [-0.2, -0.15) is 5.26 Å². The molecule has 3 nitrogen and oxygen atoms in total. The number of nitriles is 1. The minimum absolute atomic E-state index is 0.146. The first-order valence-electron chi connectivity index (χ1n) is 6.14. The van der Waals surface area contributed by atoms with Gasteiger partial charge < -0.3 is 5.73 Å². The fourth-order valence-electron chi connectivity index (χ4n) is 2.23. The van der Waals surface area contributed by atoms with Crippen LogP contribution in [0.25, 0.3) is 11.1 Å². The van der Waals surface area contributed by atoms with E-state index in [1.54, 1.807) is 12.1 Å². The number of nitrogens with zero attached hydrogens (tertiary/aromatic N) is 2. The summed E-state index contributed by atoms with van der Waals surface area (Å²) in [6.07, 6.45) is 0.674. The predicted octanol–water partition coefficient (Wildman–Crippen LogP) is 3.97. The normalized spacial score (nSPS) is 10.3. The molecule has 5 heteroatoms. The second-order valence-corrected chi connectivity index (χ2v) is 5.32. The maximum absolute atomic E-state index is 14.2. The predicted molar refractivity (Wildman–Crippen MR) is 80.6 cm³/mol. The second-order valence-electron chi connectivity index (χ2n) is 4.41. The van der Waals surface area contributed by atoms with Crippen LogP contribution in [0, 0.1) is 24.1 Å². The van der Waals surface area contributed by atoms with Gasteiger partial charge in [0.15, 0.2) is 0 Å². The Balaban J connectivity index is 2.85. The molecule has 2 N–H and O–H groups in total. The van der Waals surface area contributed by atoms with Crippen LogP contribution in [0.4, 0.5) is 10.2 Å². The molecule has 2 rings (SSSR count). The summed E-state index contributed by atoms with van der Waals surface area (Å²) in [6.45, 7) is 3.78. The number of halogens is 2. The highest BCUT2D eigenvalue weighted by molar-refractivity contribution is 9.10. The van der Waals surface area contributed by atoms with Crippen molar-refractivity contribution < 1.29 is 4.39 Å². The molecule has 0 fully saturated rings. The molecule has 0 spiro atoms. The van der Waals surface area contributed by atoms with E-state index in [0.29, 0.717) is 22.0 Å². The van der Waals surface area contributed by atoms with Crippen molar-refractivity contribution in [2.45, 2.75) is 20.3 Å². The molecule has 0 amide bonds. The van der Waals surface area contributed by atoms with Gasteiger partial charge in [0.05, 0.1) is 0 Å². The SMILES string of the molecule is CCc1nc(N)c(C#N)c(-c2ccc(Br)cc2F)c1C. The van der Waals surface area contributed by atoms with E-state index in [2.05, 4.69) is 20.9 Å². The maximum atomic E-state index is 14.2. The molecule has 0 aliphatic carbocycles. The molecule has 20 heavy (non-hydrogen) atoms. The fourth-order valence-corrected chi connectivity index (χ4v) is 2.56. The molecule has 1 aromatic heterocycles. The molecule has 0 saturated carbocycles. The van der Waals surface area contributed by atoms with Crippen molar-refractivity contribution >= 4 is 21.7 Å². The summed E-state index contributed by atoms with van der Waals surface area (Å²) in [7, 11) is 0. The third kappa shape index (κ3) is 2.39. The fraction of sp³-hybridized carbons (Fsp3) is 0.200. The number of hydrogen-bond acceptors (Lipinski definition) is 3. The van der Waals surface area contributed by atoms with Crippen LogP contribution in [-0.4, -0.2) is 4.98 Å². The zero-order chi connectivity index (χ0) is 14.9. The van der Waals surface area contributed by atoms with Gasteiger partial charge in [-0.05, 0) is 31.0 Å². The Morgan fingerprint density at radius 2 is 2.15 bits per heavy atom. The number of rotatable bonds is 2. The van der Waals surface area contributed by atoms with E-state index in [-0.39, 0.29) is 11.4 Å². The van der Waals surface area contributed by atoms with Crippen LogP contribution in [0.5, 0.6) is 0 Å². The van der Waals surface area contributed by atoms with Gasteiger partial charge >= 0.3 is 0 Å². The zero-order valence-electron chi connectivity index (χ0n) is 11.2. The Hall–Kier alpha value is -1.93. The van der Waals surface area contributed by atoms with E-state index in [1.165, 1.54) is 6.07 Å². The smallest absolute Gasteiger partial charge is 0.142 e. The monoisotopic (exact) mass is 333 g/mol. The molecule has 1 heterocycles. The number of pyridine rings is 1. The van der Waals surface area contributed by atoms with Crippen molar-refractivity contribution in [3.8, 4) is 17.2 Å². The number of aromatic nitrogens is 1. The minimum Gasteiger partial charge on any atom is -0.383 e. The quantitative estimate of drug-likeness (QED) is 0.904. The van der Waals surface area contributed by atoms with Crippen molar-refractivity contribution in [1.29, 1.82) is 5.26 Å². The van der Waals surface area contributed by atoms with Gasteiger partial charge in [0.25, 0.3) is 0 Å². The number of nitrogen functional groups attached to an aromatic ring is 1. The first kappa shape index (κ1) is 14.5. The summed E-state index contributed by atoms with van der Waals surface area (Å²) in [4.78, 5) is 4.22. The van der Waals surface area contributed by atoms with Crippen molar-refractivity contribution in [2.24, 2.45) is 0 Å². The highest BCUT2D eigenvalue weighted by Crippen LogP contribution is 2.34. The number of benzene rings is 1. The Kier molecular flexibility index (Phi) is 4.05. The molecule has 102 valence electrons. The van der Waals surface area contributed by atoms with Crippen molar-refractivity contribution in [1.82, 2.24) is 4.98 Å². The average Bonchev–Trinajstić information content (AvgIpc) is 2.41. The second kappa shape index (κ2) is 5.59. The maximum Gasteiger partial charge on any atom is 0.142 e. The summed E-state index contributed by atoms with van der Waals surface area (Å²) < 4.78 is 14.8. The lowest BCUT2D eigenvalue weighted by Crippen LogP contribution is -2.05. The molecular weight excluding hydrogens is 321 g/mol. The van der Waals surface area contributed by atoms with Gasteiger partial charge in [-0.15, -0.1) is 0 Å². The van der Waals surface area contributed by atoms with Crippen molar-refractivity contribution in [2.75, 3.05) is 5.73 Å². The van der Waals surface area contributed by atoms with Crippen molar-refractivity contribution in [3.63, 3.8) is 0 Å². The first-order chi connectivity index (χ1) is 9.49. The lowest BCUT2D eigenvalue weighted by Gasteiger charge is -2.14. The number of anilines is 1. The highest BCUT2D eigenvalue weighted by atomic mass is 79.9. The van der Waals surface area contributed by atoms with Crippen LogP contribution < -0.4 is 5.73 Å². The number of hydrogen-bond donors (Lipinski definition) is 1. The Morgan fingerprint density at radius 3 is 2.70 bits per heavy atom. The standard InChI is InChI=1S/C15H13BrFN3/c1-3-13-8(2)14(11(7-18)15(19)20-13)10-5-4-9(16)6-12(10)17/h4-6H,3H2,1-2H3,(H2,19,20). The van der Waals surface area contributed by atoms with Crippen LogP contribution in [0.3, 0.4) is 0 Å².